The lowest BCUT2D eigenvalue weighted by Gasteiger charge is -2.42. The molecule has 1 aliphatic rings. The van der Waals surface area contributed by atoms with Crippen LogP contribution in [-0.4, -0.2) is 30.7 Å². The monoisotopic (exact) mass is 282 g/mol. The van der Waals surface area contributed by atoms with Gasteiger partial charge in [-0.15, -0.1) is 0 Å². The zero-order valence-electron chi connectivity index (χ0n) is 14.5. The fraction of sp³-hybridized carbons (Fsp3) is 1.00. The van der Waals surface area contributed by atoms with Crippen molar-refractivity contribution in [1.82, 2.24) is 0 Å². The minimum Gasteiger partial charge on any atom is -0.324 e. The molecule has 0 radical (unpaired) electrons. The molecule has 1 fully saturated rings. The zero-order chi connectivity index (χ0) is 14.5. The van der Waals surface area contributed by atoms with Crippen molar-refractivity contribution in [1.29, 1.82) is 0 Å². The molecule has 1 nitrogen and oxygen atoms in total. The van der Waals surface area contributed by atoms with Crippen molar-refractivity contribution in [3.8, 4) is 0 Å². The smallest absolute Gasteiger partial charge is 0.0786 e. The van der Waals surface area contributed by atoms with Gasteiger partial charge in [-0.2, -0.15) is 0 Å². The number of rotatable bonds is 12. The molecule has 1 rings (SSSR count). The Labute approximate surface area is 128 Å². The molecule has 1 heteroatoms. The fourth-order valence-corrected chi connectivity index (χ4v) is 3.84. The van der Waals surface area contributed by atoms with E-state index in [9.17, 15) is 0 Å². The summed E-state index contributed by atoms with van der Waals surface area (Å²) in [6.07, 6.45) is 18.9. The van der Waals surface area contributed by atoms with E-state index in [1.54, 1.807) is 0 Å². The van der Waals surface area contributed by atoms with Crippen molar-refractivity contribution in [3.63, 3.8) is 0 Å². The van der Waals surface area contributed by atoms with Gasteiger partial charge in [0.2, 0.25) is 0 Å². The van der Waals surface area contributed by atoms with Crippen LogP contribution >= 0.6 is 0 Å². The maximum atomic E-state index is 2.32. The third-order valence-corrected chi connectivity index (χ3v) is 5.24. The molecule has 0 N–H and O–H groups in total. The maximum Gasteiger partial charge on any atom is 0.0786 e. The Morgan fingerprint density at radius 1 is 0.550 bits per heavy atom. The van der Waals surface area contributed by atoms with Crippen LogP contribution in [0.25, 0.3) is 0 Å². The topological polar surface area (TPSA) is 0 Å². The van der Waals surface area contributed by atoms with Crippen LogP contribution in [0.2, 0.25) is 0 Å². The van der Waals surface area contributed by atoms with Crippen LogP contribution in [0.5, 0.6) is 0 Å². The van der Waals surface area contributed by atoms with E-state index in [4.69, 9.17) is 0 Å². The predicted octanol–water partition coefficient (Wildman–Crippen LogP) is 5.93. The van der Waals surface area contributed by atoms with Gasteiger partial charge in [0.25, 0.3) is 0 Å². The second-order valence-corrected chi connectivity index (χ2v) is 7.13. The van der Waals surface area contributed by atoms with Gasteiger partial charge in [-0.25, -0.2) is 0 Å². The van der Waals surface area contributed by atoms with Crippen LogP contribution in [0.4, 0.5) is 0 Å². The lowest BCUT2D eigenvalue weighted by atomic mass is 10.0. The molecule has 0 unspecified atom stereocenters. The van der Waals surface area contributed by atoms with Crippen LogP contribution in [0.15, 0.2) is 0 Å². The van der Waals surface area contributed by atoms with Gasteiger partial charge < -0.3 is 4.48 Å². The second-order valence-electron chi connectivity index (χ2n) is 7.13. The highest BCUT2D eigenvalue weighted by atomic mass is 15.3. The van der Waals surface area contributed by atoms with E-state index in [1.165, 1.54) is 114 Å². The summed E-state index contributed by atoms with van der Waals surface area (Å²) in [4.78, 5) is 0. The van der Waals surface area contributed by atoms with Crippen LogP contribution in [-0.2, 0) is 0 Å². The number of nitrogens with zero attached hydrogens (tertiary/aromatic N) is 1. The third-order valence-electron chi connectivity index (χ3n) is 5.24. The van der Waals surface area contributed by atoms with Crippen LogP contribution in [0.3, 0.4) is 0 Å². The summed E-state index contributed by atoms with van der Waals surface area (Å²) in [5.41, 5.74) is 0. The van der Waals surface area contributed by atoms with Gasteiger partial charge in [0, 0.05) is 0 Å². The quantitative estimate of drug-likeness (QED) is 0.307. The summed E-state index contributed by atoms with van der Waals surface area (Å²) >= 11 is 0. The molecule has 0 bridgehead atoms. The van der Waals surface area contributed by atoms with E-state index in [1.807, 2.05) is 0 Å². The molecule has 1 heterocycles. The summed E-state index contributed by atoms with van der Waals surface area (Å²) in [5.74, 6) is 0. The molecule has 0 aromatic heterocycles. The van der Waals surface area contributed by atoms with E-state index in [0.29, 0.717) is 0 Å². The first-order chi connectivity index (χ1) is 9.83. The first kappa shape index (κ1) is 18.0. The number of likely N-dealkylation sites (tertiary alicyclic amines) is 1. The van der Waals surface area contributed by atoms with Gasteiger partial charge in [-0.3, -0.25) is 0 Å². The molecular weight excluding hydrogens is 242 g/mol. The molecule has 120 valence electrons. The summed E-state index contributed by atoms with van der Waals surface area (Å²) < 4.78 is 1.48. The standard InChI is InChI=1S/C19H40N/c1-3-5-7-9-10-13-17-20(16-12-8-6-4-2)18-14-11-15-19-20/h3-19H2,1-2H3/q+1. The molecule has 0 aromatic rings. The summed E-state index contributed by atoms with van der Waals surface area (Å²) in [6, 6.07) is 0. The summed E-state index contributed by atoms with van der Waals surface area (Å²) in [6.45, 7) is 10.6. The van der Waals surface area contributed by atoms with Crippen molar-refractivity contribution in [3.05, 3.63) is 0 Å². The van der Waals surface area contributed by atoms with Crippen LogP contribution in [0.1, 0.15) is 97.3 Å². The Morgan fingerprint density at radius 2 is 1.00 bits per heavy atom. The van der Waals surface area contributed by atoms with Crippen LogP contribution in [0, 0.1) is 0 Å². The van der Waals surface area contributed by atoms with Crippen molar-refractivity contribution in [2.24, 2.45) is 0 Å². The van der Waals surface area contributed by atoms with Crippen molar-refractivity contribution in [2.45, 2.75) is 97.3 Å². The molecule has 0 spiro atoms. The Bertz CT molecular complexity index is 206. The third kappa shape index (κ3) is 7.67. The molecule has 1 aliphatic heterocycles. The average Bonchev–Trinajstić information content (AvgIpc) is 2.48. The number of hydrogen-bond acceptors (Lipinski definition) is 0. The molecule has 20 heavy (non-hydrogen) atoms. The number of unbranched alkanes of at least 4 members (excludes halogenated alkanes) is 8. The highest BCUT2D eigenvalue weighted by Crippen LogP contribution is 2.22. The van der Waals surface area contributed by atoms with Gasteiger partial charge in [0.05, 0.1) is 26.2 Å². The van der Waals surface area contributed by atoms with E-state index in [-0.39, 0.29) is 0 Å². The second kappa shape index (κ2) is 11.6. The predicted molar refractivity (Wildman–Crippen MR) is 91.1 cm³/mol. The normalized spacial score (nSPS) is 18.3. The van der Waals surface area contributed by atoms with E-state index in [0.717, 1.165) is 0 Å². The molecule has 0 amide bonds. The lowest BCUT2D eigenvalue weighted by molar-refractivity contribution is -0.932. The molecule has 0 aromatic carbocycles. The zero-order valence-corrected chi connectivity index (χ0v) is 14.5. The Kier molecular flexibility index (Phi) is 10.4. The fourth-order valence-electron chi connectivity index (χ4n) is 3.84. The number of hydrogen-bond donors (Lipinski definition) is 0. The Balaban J connectivity index is 2.20. The first-order valence-corrected chi connectivity index (χ1v) is 9.68. The molecule has 0 atom stereocenters. The summed E-state index contributed by atoms with van der Waals surface area (Å²) in [5, 5.41) is 0. The van der Waals surface area contributed by atoms with E-state index < -0.39 is 0 Å². The van der Waals surface area contributed by atoms with E-state index >= 15 is 0 Å². The van der Waals surface area contributed by atoms with Crippen molar-refractivity contribution >= 4 is 0 Å². The molecule has 0 aliphatic carbocycles. The molecule has 1 saturated heterocycles. The van der Waals surface area contributed by atoms with Gasteiger partial charge in [0.15, 0.2) is 0 Å². The minimum atomic E-state index is 1.37. The van der Waals surface area contributed by atoms with Crippen LogP contribution < -0.4 is 0 Å². The largest absolute Gasteiger partial charge is 0.324 e. The first-order valence-electron chi connectivity index (χ1n) is 9.68. The maximum absolute atomic E-state index is 2.32. The highest BCUT2D eigenvalue weighted by molar-refractivity contribution is 4.56. The Morgan fingerprint density at radius 3 is 1.55 bits per heavy atom. The van der Waals surface area contributed by atoms with Gasteiger partial charge in [-0.05, 0) is 44.9 Å². The number of quaternary nitrogens is 1. The van der Waals surface area contributed by atoms with Gasteiger partial charge >= 0.3 is 0 Å². The minimum absolute atomic E-state index is 1.37. The Hall–Kier alpha value is -0.0400. The molecule has 0 saturated carbocycles. The van der Waals surface area contributed by atoms with Crippen molar-refractivity contribution in [2.75, 3.05) is 26.2 Å². The lowest BCUT2D eigenvalue weighted by Crippen LogP contribution is -2.52. The molecular formula is C19H40N+. The van der Waals surface area contributed by atoms with Gasteiger partial charge in [0.1, 0.15) is 0 Å². The number of piperidine rings is 1. The van der Waals surface area contributed by atoms with Crippen molar-refractivity contribution < 1.29 is 4.48 Å². The summed E-state index contributed by atoms with van der Waals surface area (Å²) in [7, 11) is 0. The average molecular weight is 283 g/mol. The van der Waals surface area contributed by atoms with E-state index in [2.05, 4.69) is 13.8 Å². The highest BCUT2D eigenvalue weighted by Gasteiger charge is 2.28. The van der Waals surface area contributed by atoms with Gasteiger partial charge in [-0.1, -0.05) is 52.4 Å². The SMILES string of the molecule is CCCCCCCC[N+]1(CCCCCC)CCCCC1.